The molecule has 0 spiro atoms. The van der Waals surface area contributed by atoms with Crippen LogP contribution >= 0.6 is 24.0 Å². The van der Waals surface area contributed by atoms with Crippen LogP contribution in [0.15, 0.2) is 30.3 Å². The molecule has 51 heavy (non-hydrogen) atoms. The van der Waals surface area contributed by atoms with Gasteiger partial charge in [-0.25, -0.2) is 19.2 Å². The highest BCUT2D eigenvalue weighted by molar-refractivity contribution is 6.31. The molecule has 0 aliphatic heterocycles. The Kier molecular flexibility index (Phi) is 49.8. The summed E-state index contributed by atoms with van der Waals surface area (Å²) in [4.78, 5) is 104. The largest absolute Gasteiger partial charge is 0.483 e. The van der Waals surface area contributed by atoms with Crippen LogP contribution in [0.1, 0.15) is 44.0 Å². The Morgan fingerprint density at radius 3 is 1.16 bits per heavy atom. The fraction of sp³-hybridized carbons (Fsp3) is 0.333. The Morgan fingerprint density at radius 1 is 0.824 bits per heavy atom. The molecule has 0 amide bonds. The van der Waals surface area contributed by atoms with Gasteiger partial charge < -0.3 is 61.4 Å². The summed E-state index contributed by atoms with van der Waals surface area (Å²) in [5, 5.41) is 101. The molecular formula is C24H35Cl2NO24. The minimum atomic E-state index is -2.74. The number of hydrogen-bond acceptors (Lipinski definition) is 14. The predicted octanol–water partition coefficient (Wildman–Crippen LogP) is -0.576. The van der Waals surface area contributed by atoms with Crippen molar-refractivity contribution in [2.45, 2.75) is 45.3 Å². The molecular weight excluding hydrogens is 757 g/mol. The quantitative estimate of drug-likeness (QED) is 0.0489. The third-order valence-electron chi connectivity index (χ3n) is 3.08. The standard InChI is InChI=1S/C7H6O2.C6H8O7.C3H6O3.C3H4O3.C2H3ClO2.C2H4O2.CH2O2.ClH.HNO3/c8-7(9)6-4-2-1-3-5-6;7-3(8)1-6(13,5(11)12)2-4(9)10;2*1-2(4)3(5)6;3-1-2(4)5;1-2(3)4;2-1-3;;2-1(3)4/h1-5H,(H,8,9);13H,1-2H2,(H,7,8)(H,9,10)(H,11,12);2,4H,1H3,(H,5,6);1H3,(H,5,6);1H2,(H,4,5);1H3,(H,3,4);1H,(H,2,3);1H;(H,2,3,4). The van der Waals surface area contributed by atoms with Gasteiger partial charge in [0, 0.05) is 13.8 Å². The van der Waals surface area contributed by atoms with E-state index in [9.17, 15) is 38.4 Å². The summed E-state index contributed by atoms with van der Waals surface area (Å²) < 4.78 is 0. The first kappa shape index (κ1) is 63.5. The van der Waals surface area contributed by atoms with Crippen LogP contribution in [0.2, 0.25) is 0 Å². The molecule has 1 aromatic rings. The summed E-state index contributed by atoms with van der Waals surface area (Å²) in [5.41, 5.74) is -2.41. The summed E-state index contributed by atoms with van der Waals surface area (Å²) in [6.07, 6.45) is -3.52. The van der Waals surface area contributed by atoms with Crippen molar-refractivity contribution in [2.75, 3.05) is 5.88 Å². The second kappa shape index (κ2) is 40.0. The molecule has 1 unspecified atom stereocenters. The van der Waals surface area contributed by atoms with Crippen molar-refractivity contribution < 1.29 is 114 Å². The molecule has 25 nitrogen and oxygen atoms in total. The van der Waals surface area contributed by atoms with Crippen molar-refractivity contribution in [3.8, 4) is 0 Å². The highest BCUT2D eigenvalue weighted by Gasteiger charge is 2.40. The average molecular weight is 792 g/mol. The molecule has 12 N–H and O–H groups in total. The molecule has 294 valence electrons. The SMILES string of the molecule is CC(=O)C(=O)O.CC(=O)O.CC(O)C(=O)O.Cl.O=C(O)CC(O)(CC(=O)O)C(=O)O.O=C(O)CCl.O=C(O)c1ccccc1.O=CO.O=[N+]([O-])O. The number of aliphatic hydroxyl groups is 2. The minimum absolute atomic E-state index is 0. The van der Waals surface area contributed by atoms with E-state index in [1.807, 2.05) is 0 Å². The number of halogens is 2. The van der Waals surface area contributed by atoms with Gasteiger partial charge in [0.15, 0.2) is 5.60 Å². The normalized spacial score (nSPS) is 8.75. The van der Waals surface area contributed by atoms with Crippen LogP contribution in [0.25, 0.3) is 0 Å². The maximum absolute atomic E-state index is 10.3. The van der Waals surface area contributed by atoms with E-state index in [0.717, 1.165) is 13.8 Å². The van der Waals surface area contributed by atoms with Crippen LogP contribution in [0.3, 0.4) is 0 Å². The number of aromatic carboxylic acids is 1. The Morgan fingerprint density at radius 2 is 1.06 bits per heavy atom. The van der Waals surface area contributed by atoms with E-state index < -0.39 is 83.2 Å². The molecule has 1 rings (SSSR count). The molecule has 0 aliphatic carbocycles. The number of hydrogen-bond donors (Lipinski definition) is 12. The Balaban J connectivity index is -0.0000000723. The summed E-state index contributed by atoms with van der Waals surface area (Å²) >= 11 is 4.74. The summed E-state index contributed by atoms with van der Waals surface area (Å²) in [6.45, 7) is 3.03. The van der Waals surface area contributed by atoms with Gasteiger partial charge in [-0.15, -0.1) is 34.1 Å². The minimum Gasteiger partial charge on any atom is -0.483 e. The summed E-state index contributed by atoms with van der Waals surface area (Å²) in [5.74, 6) is -11.4. The van der Waals surface area contributed by atoms with Crippen LogP contribution in [0.5, 0.6) is 0 Å². The lowest BCUT2D eigenvalue weighted by Gasteiger charge is -2.18. The zero-order valence-electron chi connectivity index (χ0n) is 26.2. The van der Waals surface area contributed by atoms with Gasteiger partial charge in [-0.1, -0.05) is 18.2 Å². The van der Waals surface area contributed by atoms with Crippen molar-refractivity contribution >= 4 is 84.0 Å². The lowest BCUT2D eigenvalue weighted by atomic mass is 9.96. The monoisotopic (exact) mass is 791 g/mol. The lowest BCUT2D eigenvalue weighted by molar-refractivity contribution is -0.742. The zero-order chi connectivity index (χ0) is 41.8. The third kappa shape index (κ3) is 75.7. The van der Waals surface area contributed by atoms with E-state index in [0.29, 0.717) is 5.56 Å². The highest BCUT2D eigenvalue weighted by Crippen LogP contribution is 2.15. The number of Topliss-reactive ketones (excluding diaryl/α,β-unsaturated/α-hetero) is 1. The van der Waals surface area contributed by atoms with E-state index in [2.05, 4.69) is 0 Å². The molecule has 0 fully saturated rings. The molecule has 0 bridgehead atoms. The van der Waals surface area contributed by atoms with E-state index >= 15 is 0 Å². The van der Waals surface area contributed by atoms with Gasteiger partial charge in [0.1, 0.15) is 12.0 Å². The maximum atomic E-state index is 10.3. The van der Waals surface area contributed by atoms with E-state index in [1.54, 1.807) is 30.3 Å². The molecule has 0 aliphatic rings. The third-order valence-corrected chi connectivity index (χ3v) is 3.31. The zero-order valence-corrected chi connectivity index (χ0v) is 27.7. The fourth-order valence-corrected chi connectivity index (χ4v) is 1.29. The number of benzene rings is 1. The second-order valence-electron chi connectivity index (χ2n) is 7.41. The Bertz CT molecular complexity index is 1170. The first-order chi connectivity index (χ1) is 22.5. The van der Waals surface area contributed by atoms with Crippen molar-refractivity contribution in [3.05, 3.63) is 46.0 Å². The second-order valence-corrected chi connectivity index (χ2v) is 7.68. The van der Waals surface area contributed by atoms with Gasteiger partial charge >= 0.3 is 41.8 Å². The van der Waals surface area contributed by atoms with E-state index in [4.69, 9.17) is 92.7 Å². The van der Waals surface area contributed by atoms with Crippen LogP contribution in [-0.2, 0) is 43.2 Å². The van der Waals surface area contributed by atoms with Crippen molar-refractivity contribution in [1.82, 2.24) is 0 Å². The number of rotatable bonds is 9. The molecule has 0 heterocycles. The van der Waals surface area contributed by atoms with Gasteiger partial charge in [-0.05, 0) is 19.1 Å². The number of ketones is 1. The first-order valence-electron chi connectivity index (χ1n) is 11.7. The Labute approximate surface area is 295 Å². The molecule has 1 atom stereocenters. The molecule has 0 saturated carbocycles. The van der Waals surface area contributed by atoms with Gasteiger partial charge in [0.05, 0.1) is 18.4 Å². The number of carboxylic acids is 8. The first-order valence-corrected chi connectivity index (χ1v) is 12.3. The highest BCUT2D eigenvalue weighted by atomic mass is 35.5. The van der Waals surface area contributed by atoms with E-state index in [1.165, 1.54) is 6.92 Å². The molecule has 27 heteroatoms. The fourth-order valence-electron chi connectivity index (χ4n) is 1.29. The number of alkyl halides is 1. The van der Waals surface area contributed by atoms with Crippen LogP contribution in [-0.4, -0.2) is 144 Å². The number of aliphatic carboxylic acids is 7. The van der Waals surface area contributed by atoms with Gasteiger partial charge in [-0.3, -0.25) is 28.8 Å². The molecule has 0 saturated heterocycles. The summed E-state index contributed by atoms with van der Waals surface area (Å²) in [7, 11) is 0. The number of carboxylic acid groups (broad SMARTS) is 9. The Hall–Kier alpha value is -6.18. The molecule has 1 aromatic carbocycles. The van der Waals surface area contributed by atoms with Gasteiger partial charge in [-0.2, -0.15) is 0 Å². The number of aliphatic hydroxyl groups excluding tert-OH is 1. The maximum Gasteiger partial charge on any atom is 0.371 e. The predicted molar refractivity (Wildman–Crippen MR) is 165 cm³/mol. The van der Waals surface area contributed by atoms with Crippen molar-refractivity contribution in [2.24, 2.45) is 0 Å². The van der Waals surface area contributed by atoms with Crippen molar-refractivity contribution in [3.63, 3.8) is 0 Å². The van der Waals surface area contributed by atoms with Crippen LogP contribution < -0.4 is 0 Å². The van der Waals surface area contributed by atoms with Gasteiger partial charge in [0.2, 0.25) is 5.78 Å². The van der Waals surface area contributed by atoms with Crippen LogP contribution in [0.4, 0.5) is 0 Å². The molecule has 0 radical (unpaired) electrons. The molecule has 0 aromatic heterocycles. The number of carbonyl (C=O) groups excluding carboxylic acids is 1. The number of carbonyl (C=O) groups is 10. The van der Waals surface area contributed by atoms with Crippen molar-refractivity contribution in [1.29, 1.82) is 0 Å². The van der Waals surface area contributed by atoms with Gasteiger partial charge in [0.25, 0.3) is 17.5 Å². The summed E-state index contributed by atoms with van der Waals surface area (Å²) in [6, 6.07) is 8.30. The van der Waals surface area contributed by atoms with Crippen LogP contribution in [0, 0.1) is 10.1 Å². The lowest BCUT2D eigenvalue weighted by Crippen LogP contribution is -2.42. The topological polar surface area (TPSA) is 457 Å². The smallest absolute Gasteiger partial charge is 0.371 e. The average Bonchev–Trinajstić information content (AvgIpc) is 2.93. The number of nitrogens with zero attached hydrogens (tertiary/aromatic N) is 1. The van der Waals surface area contributed by atoms with E-state index in [-0.39, 0.29) is 24.8 Å².